The highest BCUT2D eigenvalue weighted by Crippen LogP contribution is 2.61. The highest BCUT2D eigenvalue weighted by molar-refractivity contribution is 8.14. The molecule has 4 aromatic rings. The van der Waals surface area contributed by atoms with Gasteiger partial charge >= 0.3 is 29.4 Å². The van der Waals surface area contributed by atoms with Crippen LogP contribution in [0, 0.1) is 5.41 Å². The Labute approximate surface area is 378 Å². The smallest absolute Gasteiger partial charge is 0.481 e. The van der Waals surface area contributed by atoms with Crippen LogP contribution in [0.1, 0.15) is 38.5 Å². The number of aliphatic hydroxyl groups excluding tert-OH is 2. The molecule has 3 heterocycles. The molecule has 26 nitrogen and oxygen atoms in total. The van der Waals surface area contributed by atoms with E-state index in [1.54, 1.807) is 6.07 Å². The summed E-state index contributed by atoms with van der Waals surface area (Å²) in [5, 5.41) is 37.2. The average molecular weight is 1010 g/mol. The molecule has 2 aromatic carbocycles. The number of carboxylic acids is 1. The molecule has 0 spiro atoms. The molecule has 1 saturated heterocycles. The van der Waals surface area contributed by atoms with E-state index in [-0.39, 0.29) is 47.8 Å². The molecule has 5 rings (SSSR count). The van der Waals surface area contributed by atoms with Crippen LogP contribution >= 0.6 is 35.2 Å². The van der Waals surface area contributed by atoms with Crippen molar-refractivity contribution in [1.29, 1.82) is 0 Å². The number of phosphoric ester groups is 3. The predicted molar refractivity (Wildman–Crippen MR) is 231 cm³/mol. The second kappa shape index (κ2) is 22.1. The van der Waals surface area contributed by atoms with E-state index in [0.29, 0.717) is 5.56 Å². The van der Waals surface area contributed by atoms with Gasteiger partial charge in [-0.05, 0) is 28.5 Å². The highest BCUT2D eigenvalue weighted by atomic mass is 32.2. The number of nitrogens with one attached hydrogen (secondary N) is 2. The van der Waals surface area contributed by atoms with Gasteiger partial charge in [-0.25, -0.2) is 28.6 Å². The largest absolute Gasteiger partial charge is 0.481 e. The number of thioether (sulfide) groups is 1. The first-order valence-corrected chi connectivity index (χ1v) is 24.8. The van der Waals surface area contributed by atoms with Crippen LogP contribution in [0.5, 0.6) is 0 Å². The third kappa shape index (κ3) is 14.7. The first kappa shape index (κ1) is 52.4. The zero-order valence-corrected chi connectivity index (χ0v) is 38.3. The Hall–Kier alpha value is -4.53. The molecule has 1 aliphatic rings. The van der Waals surface area contributed by atoms with Crippen molar-refractivity contribution in [3.8, 4) is 0 Å². The number of nitrogens with two attached hydrogens (primary N) is 1. The molecular weight excluding hydrogens is 959 g/mol. The minimum absolute atomic E-state index is 0.0153. The number of aromatic nitrogens is 4. The molecule has 1 fully saturated rings. The molecule has 0 saturated carbocycles. The number of phosphoric acid groups is 3. The summed E-state index contributed by atoms with van der Waals surface area (Å²) in [5.74, 6) is -2.72. The number of anilines is 1. The molecule has 11 N–H and O–H groups in total. The van der Waals surface area contributed by atoms with Crippen LogP contribution < -0.4 is 16.4 Å². The van der Waals surface area contributed by atoms with E-state index in [9.17, 15) is 67.8 Å². The van der Waals surface area contributed by atoms with Crippen molar-refractivity contribution in [2.75, 3.05) is 37.8 Å². The summed E-state index contributed by atoms with van der Waals surface area (Å²) in [6.45, 7) is 0.0995. The number of hydrogen-bond acceptors (Lipinski definition) is 19. The second-order valence-corrected chi connectivity index (χ2v) is 20.4. The SMILES string of the molecule is CC(C)(COP(=O)(O)OP(=O)(O)OC[C@H]1O[C@@H](n2cnc3c(N)ncnc32)[C@H](O)[C@@H]1OP(=O)(O)O)[C@@H](O)C(=O)NCCC(=O)NCCSC(=O)/C(=C/c1ccc2ccccc2c1)CC(=O)O. The molecule has 0 bridgehead atoms. The number of aliphatic hydroxyl groups is 2. The summed E-state index contributed by atoms with van der Waals surface area (Å²) >= 11 is 0.812. The van der Waals surface area contributed by atoms with Gasteiger partial charge in [-0.3, -0.25) is 37.3 Å². The Morgan fingerprint density at radius 2 is 1.68 bits per heavy atom. The number of carbonyl (C=O) groups excluding carboxylic acids is 3. The van der Waals surface area contributed by atoms with Gasteiger partial charge in [0.25, 0.3) is 0 Å². The quantitative estimate of drug-likeness (QED) is 0.0285. The zero-order chi connectivity index (χ0) is 48.6. The summed E-state index contributed by atoms with van der Waals surface area (Å²) in [6.07, 6.45) is -6.19. The number of ether oxygens (including phenoxy) is 1. The zero-order valence-electron chi connectivity index (χ0n) is 34.8. The van der Waals surface area contributed by atoms with Crippen molar-refractivity contribution in [3.63, 3.8) is 0 Å². The number of aliphatic carboxylic acids is 1. The van der Waals surface area contributed by atoms with Crippen molar-refractivity contribution in [3.05, 3.63) is 66.3 Å². The summed E-state index contributed by atoms with van der Waals surface area (Å²) in [5.41, 5.74) is 4.89. The molecule has 2 amide bonds. The number of nitrogen functional groups attached to an aromatic ring is 1. The van der Waals surface area contributed by atoms with E-state index in [4.69, 9.17) is 19.5 Å². The van der Waals surface area contributed by atoms with E-state index >= 15 is 0 Å². The number of amides is 2. The van der Waals surface area contributed by atoms with Crippen LogP contribution in [-0.2, 0) is 55.5 Å². The molecule has 360 valence electrons. The van der Waals surface area contributed by atoms with Gasteiger partial charge in [0.15, 0.2) is 17.7 Å². The van der Waals surface area contributed by atoms with Gasteiger partial charge in [0.1, 0.15) is 36.3 Å². The third-order valence-electron chi connectivity index (χ3n) is 9.45. The number of benzene rings is 2. The fourth-order valence-electron chi connectivity index (χ4n) is 6.21. The third-order valence-corrected chi connectivity index (χ3v) is 13.5. The maximum Gasteiger partial charge on any atom is 0.481 e. The maximum atomic E-state index is 12.9. The Kier molecular flexibility index (Phi) is 17.5. The van der Waals surface area contributed by atoms with Gasteiger partial charge in [-0.15, -0.1) is 0 Å². The van der Waals surface area contributed by atoms with Crippen molar-refractivity contribution >= 4 is 92.0 Å². The number of rotatable bonds is 23. The molecule has 30 heteroatoms. The predicted octanol–water partition coefficient (Wildman–Crippen LogP) is 1.38. The fraction of sp³-hybridized carbons (Fsp3) is 0.417. The molecule has 2 unspecified atom stereocenters. The standard InChI is InChI=1S/C36H46N7O19P3S/c1-36(2,30(48)33(49)39-10-9-25(44)38-11-12-66-35(50)23(15-26(45)46)14-20-7-8-21-5-3-4-6-22(21)13-20)17-59-65(56,57)62-64(54,55)58-16-24-29(61-63(51,52)53)28(47)34(60-24)43-19-42-27-31(37)40-18-41-32(27)43/h3-8,13-14,18-19,24,28-30,34,47-48H,9-12,15-17H2,1-2H3,(H,38,44)(H,39,49)(H,45,46)(H,54,55)(H,56,57)(H2,37,40,41)(H2,51,52,53)/b23-14+/t24-,28-,29-,30+,34-/m1/s1. The molecule has 1 aliphatic heterocycles. The van der Waals surface area contributed by atoms with E-state index in [1.807, 2.05) is 36.4 Å². The minimum Gasteiger partial charge on any atom is -0.481 e. The fourth-order valence-corrected chi connectivity index (χ4v) is 9.75. The normalized spacial score (nSPS) is 20.4. The van der Waals surface area contributed by atoms with Crippen LogP contribution in [0.2, 0.25) is 0 Å². The average Bonchev–Trinajstić information content (AvgIpc) is 3.79. The van der Waals surface area contributed by atoms with Crippen LogP contribution in [0.25, 0.3) is 28.0 Å². The number of carboxylic acid groups (broad SMARTS) is 1. The number of fused-ring (bicyclic) bond motifs is 2. The van der Waals surface area contributed by atoms with Crippen molar-refractivity contribution in [1.82, 2.24) is 30.2 Å². The van der Waals surface area contributed by atoms with Gasteiger partial charge in [-0.2, -0.15) is 4.31 Å². The number of hydrogen-bond donors (Lipinski definition) is 10. The molecule has 2 aromatic heterocycles. The van der Waals surface area contributed by atoms with Crippen molar-refractivity contribution in [2.24, 2.45) is 5.41 Å². The van der Waals surface area contributed by atoms with Gasteiger partial charge in [-0.1, -0.05) is 62.0 Å². The summed E-state index contributed by atoms with van der Waals surface area (Å²) in [6, 6.07) is 13.0. The van der Waals surface area contributed by atoms with E-state index < -0.39 is 102 Å². The lowest BCUT2D eigenvalue weighted by molar-refractivity contribution is -0.137. The first-order valence-electron chi connectivity index (χ1n) is 19.3. The monoisotopic (exact) mass is 1010 g/mol. The lowest BCUT2D eigenvalue weighted by atomic mass is 9.87. The maximum absolute atomic E-state index is 12.9. The van der Waals surface area contributed by atoms with Gasteiger partial charge in [0, 0.05) is 36.3 Å². The summed E-state index contributed by atoms with van der Waals surface area (Å²) < 4.78 is 62.4. The van der Waals surface area contributed by atoms with Crippen LogP contribution in [0.3, 0.4) is 0 Å². The molecule has 0 radical (unpaired) electrons. The number of nitrogens with zero attached hydrogens (tertiary/aromatic N) is 4. The Morgan fingerprint density at radius 1 is 0.985 bits per heavy atom. The van der Waals surface area contributed by atoms with E-state index in [1.165, 1.54) is 19.9 Å². The van der Waals surface area contributed by atoms with Crippen LogP contribution in [0.4, 0.5) is 5.82 Å². The summed E-state index contributed by atoms with van der Waals surface area (Å²) in [4.78, 5) is 101. The first-order chi connectivity index (χ1) is 30.8. The Morgan fingerprint density at radius 3 is 2.38 bits per heavy atom. The van der Waals surface area contributed by atoms with Gasteiger partial charge in [0.05, 0.1) is 26.0 Å². The highest BCUT2D eigenvalue weighted by Gasteiger charge is 2.50. The Balaban J connectivity index is 1.04. The lowest BCUT2D eigenvalue weighted by Crippen LogP contribution is -2.46. The minimum atomic E-state index is -5.61. The molecular formula is C36H46N7O19P3S. The molecule has 0 aliphatic carbocycles. The lowest BCUT2D eigenvalue weighted by Gasteiger charge is -2.30. The second-order valence-electron chi connectivity index (χ2n) is 15.1. The van der Waals surface area contributed by atoms with Gasteiger partial charge in [0.2, 0.25) is 16.9 Å². The van der Waals surface area contributed by atoms with E-state index in [2.05, 4.69) is 34.4 Å². The molecule has 66 heavy (non-hydrogen) atoms. The van der Waals surface area contributed by atoms with Crippen molar-refractivity contribution in [2.45, 2.75) is 57.3 Å². The van der Waals surface area contributed by atoms with E-state index in [0.717, 1.165) is 39.8 Å². The van der Waals surface area contributed by atoms with Crippen LogP contribution in [0.15, 0.2) is 60.7 Å². The summed E-state index contributed by atoms with van der Waals surface area (Å²) in [7, 11) is -16.5. The van der Waals surface area contributed by atoms with Crippen LogP contribution in [-0.4, -0.2) is 134 Å². The van der Waals surface area contributed by atoms with Gasteiger partial charge < -0.3 is 56.0 Å². The Bertz CT molecular complexity index is 2610. The molecule has 7 atom stereocenters. The van der Waals surface area contributed by atoms with Crippen molar-refractivity contribution < 1.29 is 90.4 Å². The topological polar surface area (TPSA) is 401 Å². The number of carbonyl (C=O) groups is 4. The number of imidazole rings is 1.